The Kier molecular flexibility index (Phi) is 5.97. The molecule has 0 amide bonds. The maximum Gasteiger partial charge on any atom is 0.155 e. The number of H-pyrrole nitrogens is 1. The molecule has 1 aliphatic heterocycles. The average molecular weight is 477 g/mol. The normalized spacial score (nSPS) is 16.2. The van der Waals surface area contributed by atoms with Crippen molar-refractivity contribution in [3.8, 4) is 22.8 Å². The fourth-order valence-corrected chi connectivity index (χ4v) is 4.83. The summed E-state index contributed by atoms with van der Waals surface area (Å²) in [6, 6.07) is 30.1. The first-order valence-corrected chi connectivity index (χ1v) is 12.3. The molecule has 0 radical (unpaired) electrons. The van der Waals surface area contributed by atoms with Crippen molar-refractivity contribution in [3.05, 3.63) is 96.7 Å². The third-order valence-electron chi connectivity index (χ3n) is 6.60. The molecule has 0 spiro atoms. The molecule has 36 heavy (non-hydrogen) atoms. The Hall–Kier alpha value is -4.36. The fourth-order valence-electron chi connectivity index (χ4n) is 4.83. The highest BCUT2D eigenvalue weighted by Gasteiger charge is 2.25. The molecule has 180 valence electrons. The summed E-state index contributed by atoms with van der Waals surface area (Å²) in [7, 11) is 0. The number of hydrazine groups is 1. The van der Waals surface area contributed by atoms with E-state index < -0.39 is 0 Å². The van der Waals surface area contributed by atoms with Gasteiger partial charge in [-0.25, -0.2) is 5.01 Å². The summed E-state index contributed by atoms with van der Waals surface area (Å²) in [4.78, 5) is 5.15. The summed E-state index contributed by atoms with van der Waals surface area (Å²) in [6.07, 6.45) is 2.18. The van der Waals surface area contributed by atoms with E-state index in [2.05, 4.69) is 38.8 Å². The smallest absolute Gasteiger partial charge is 0.155 e. The second-order valence-corrected chi connectivity index (χ2v) is 9.13. The summed E-state index contributed by atoms with van der Waals surface area (Å²) in [6.45, 7) is 1.88. The van der Waals surface area contributed by atoms with Gasteiger partial charge in [0.1, 0.15) is 11.5 Å². The molecule has 6 rings (SSSR count). The second kappa shape index (κ2) is 9.71. The van der Waals surface area contributed by atoms with Crippen molar-refractivity contribution in [2.45, 2.75) is 18.8 Å². The predicted molar refractivity (Wildman–Crippen MR) is 144 cm³/mol. The number of nitrogen functional groups attached to an aromatic ring is 1. The zero-order valence-corrected chi connectivity index (χ0v) is 19.9. The number of para-hydroxylation sites is 2. The Morgan fingerprint density at radius 2 is 1.64 bits per heavy atom. The maximum absolute atomic E-state index is 6.26. The number of anilines is 2. The molecule has 1 saturated heterocycles. The number of rotatable bonds is 6. The molecule has 1 unspecified atom stereocenters. The quantitative estimate of drug-likeness (QED) is 0.270. The lowest BCUT2D eigenvalue weighted by atomic mass is 9.94. The molecule has 1 fully saturated rings. The number of ether oxygens (including phenoxy) is 1. The first-order chi connectivity index (χ1) is 17.7. The van der Waals surface area contributed by atoms with Crippen molar-refractivity contribution < 1.29 is 4.74 Å². The molecule has 2 aromatic heterocycles. The van der Waals surface area contributed by atoms with E-state index in [1.807, 2.05) is 72.8 Å². The van der Waals surface area contributed by atoms with Gasteiger partial charge in [0, 0.05) is 36.0 Å². The van der Waals surface area contributed by atoms with Gasteiger partial charge in [-0.3, -0.25) is 10.1 Å². The Morgan fingerprint density at radius 3 is 2.42 bits per heavy atom. The minimum atomic E-state index is 0.295. The molecule has 3 heterocycles. The summed E-state index contributed by atoms with van der Waals surface area (Å²) in [5, 5.41) is 10.5. The molecule has 1 aliphatic rings. The van der Waals surface area contributed by atoms with Gasteiger partial charge in [0.05, 0.1) is 16.6 Å². The van der Waals surface area contributed by atoms with E-state index in [-0.39, 0.29) is 0 Å². The molecule has 5 aromatic rings. The zero-order valence-electron chi connectivity index (χ0n) is 19.9. The zero-order chi connectivity index (χ0) is 24.3. The van der Waals surface area contributed by atoms with Crippen LogP contribution in [-0.2, 0) is 0 Å². The van der Waals surface area contributed by atoms with Gasteiger partial charge in [0.2, 0.25) is 0 Å². The second-order valence-electron chi connectivity index (χ2n) is 9.13. The SMILES string of the molecule is Nc1n[nH]c2cc(C3CCCN(Nc4ccccc4)C3)nc(-c3ccc(Oc4ccccc4)cc3)c12. The fraction of sp³-hybridized carbons (Fsp3) is 0.172. The van der Waals surface area contributed by atoms with Gasteiger partial charge in [0.25, 0.3) is 0 Å². The number of hydrogen-bond acceptors (Lipinski definition) is 6. The van der Waals surface area contributed by atoms with Crippen LogP contribution in [0.2, 0.25) is 0 Å². The van der Waals surface area contributed by atoms with Crippen LogP contribution in [0.4, 0.5) is 11.5 Å². The molecular formula is C29H28N6O. The molecule has 4 N–H and O–H groups in total. The Labute approximate surface area is 209 Å². The van der Waals surface area contributed by atoms with E-state index in [0.29, 0.717) is 11.7 Å². The highest BCUT2D eigenvalue weighted by atomic mass is 16.5. The number of hydrogen-bond donors (Lipinski definition) is 3. The standard InChI is InChI=1S/C29H28N6O/c30-29-27-26(32-33-29)18-25(21-8-7-17-35(19-21)34-22-9-3-1-4-10-22)31-28(27)20-13-15-24(16-14-20)36-23-11-5-2-6-12-23/h1-6,9-16,18,21,34H,7-8,17,19H2,(H3,30,32,33). The summed E-state index contributed by atoms with van der Waals surface area (Å²) < 4.78 is 5.97. The lowest BCUT2D eigenvalue weighted by Crippen LogP contribution is -2.38. The van der Waals surface area contributed by atoms with Crippen LogP contribution in [0.3, 0.4) is 0 Å². The Balaban J connectivity index is 1.29. The topological polar surface area (TPSA) is 92.1 Å². The molecule has 0 aliphatic carbocycles. The van der Waals surface area contributed by atoms with Crippen LogP contribution < -0.4 is 15.9 Å². The molecule has 0 saturated carbocycles. The number of pyridine rings is 1. The summed E-state index contributed by atoms with van der Waals surface area (Å²) in [5.41, 5.74) is 14.7. The Bertz CT molecular complexity index is 1450. The number of nitrogens with two attached hydrogens (primary N) is 1. The van der Waals surface area contributed by atoms with Crippen molar-refractivity contribution in [1.82, 2.24) is 20.2 Å². The summed E-state index contributed by atoms with van der Waals surface area (Å²) >= 11 is 0. The number of aromatic amines is 1. The highest BCUT2D eigenvalue weighted by Crippen LogP contribution is 2.35. The van der Waals surface area contributed by atoms with E-state index in [4.69, 9.17) is 15.5 Å². The van der Waals surface area contributed by atoms with Crippen molar-refractivity contribution in [1.29, 1.82) is 0 Å². The van der Waals surface area contributed by atoms with Crippen LogP contribution in [0.1, 0.15) is 24.5 Å². The molecule has 0 bridgehead atoms. The van der Waals surface area contributed by atoms with Gasteiger partial charge < -0.3 is 15.9 Å². The van der Waals surface area contributed by atoms with E-state index in [1.54, 1.807) is 0 Å². The highest BCUT2D eigenvalue weighted by molar-refractivity contribution is 6.00. The van der Waals surface area contributed by atoms with Crippen molar-refractivity contribution >= 4 is 22.4 Å². The first kappa shape index (κ1) is 22.1. The minimum absolute atomic E-state index is 0.295. The number of nitrogens with one attached hydrogen (secondary N) is 2. The van der Waals surface area contributed by atoms with Gasteiger partial charge in [-0.15, -0.1) is 0 Å². The lowest BCUT2D eigenvalue weighted by Gasteiger charge is -2.33. The Morgan fingerprint density at radius 1 is 0.917 bits per heavy atom. The summed E-state index contributed by atoms with van der Waals surface area (Å²) in [5.74, 6) is 2.33. The lowest BCUT2D eigenvalue weighted by molar-refractivity contribution is 0.245. The van der Waals surface area contributed by atoms with Crippen LogP contribution in [0.5, 0.6) is 11.5 Å². The van der Waals surface area contributed by atoms with Crippen LogP contribution >= 0.6 is 0 Å². The van der Waals surface area contributed by atoms with E-state index >= 15 is 0 Å². The predicted octanol–water partition coefficient (Wildman–Crippen LogP) is 6.21. The number of aromatic nitrogens is 3. The van der Waals surface area contributed by atoms with E-state index in [1.165, 1.54) is 0 Å². The van der Waals surface area contributed by atoms with Gasteiger partial charge >= 0.3 is 0 Å². The molecule has 3 aromatic carbocycles. The average Bonchev–Trinajstić information content (AvgIpc) is 3.30. The van der Waals surface area contributed by atoms with Crippen molar-refractivity contribution in [3.63, 3.8) is 0 Å². The molecule has 1 atom stereocenters. The van der Waals surface area contributed by atoms with Gasteiger partial charge in [-0.1, -0.05) is 36.4 Å². The molecule has 7 nitrogen and oxygen atoms in total. The third-order valence-corrected chi connectivity index (χ3v) is 6.60. The molecule has 7 heteroatoms. The van der Waals surface area contributed by atoms with Crippen LogP contribution in [0, 0.1) is 0 Å². The third kappa shape index (κ3) is 4.61. The van der Waals surface area contributed by atoms with Crippen LogP contribution in [0.15, 0.2) is 91.0 Å². The number of benzene rings is 3. The number of piperidine rings is 1. The van der Waals surface area contributed by atoms with Crippen molar-refractivity contribution in [2.75, 3.05) is 24.2 Å². The van der Waals surface area contributed by atoms with Crippen molar-refractivity contribution in [2.24, 2.45) is 0 Å². The monoisotopic (exact) mass is 476 g/mol. The van der Waals surface area contributed by atoms with Crippen LogP contribution in [0.25, 0.3) is 22.2 Å². The minimum Gasteiger partial charge on any atom is -0.457 e. The number of nitrogens with zero attached hydrogens (tertiary/aromatic N) is 3. The van der Waals surface area contributed by atoms with Gasteiger partial charge in [0.15, 0.2) is 5.82 Å². The van der Waals surface area contributed by atoms with E-state index in [9.17, 15) is 0 Å². The first-order valence-electron chi connectivity index (χ1n) is 12.3. The van der Waals surface area contributed by atoms with Gasteiger partial charge in [-0.2, -0.15) is 5.10 Å². The van der Waals surface area contributed by atoms with Gasteiger partial charge in [-0.05, 0) is 67.4 Å². The van der Waals surface area contributed by atoms with E-state index in [0.717, 1.165) is 71.0 Å². The number of fused-ring (bicyclic) bond motifs is 1. The largest absolute Gasteiger partial charge is 0.457 e. The van der Waals surface area contributed by atoms with Crippen LogP contribution in [-0.4, -0.2) is 33.3 Å². The molecular weight excluding hydrogens is 448 g/mol. The maximum atomic E-state index is 6.26.